The molecule has 0 bridgehead atoms. The molecule has 30 heavy (non-hydrogen) atoms. The lowest BCUT2D eigenvalue weighted by atomic mass is 9.71. The lowest BCUT2D eigenvalue weighted by Gasteiger charge is -2.29. The van der Waals surface area contributed by atoms with Crippen molar-refractivity contribution in [2.45, 2.75) is 39.2 Å². The molecule has 2 aromatic carbocycles. The summed E-state index contributed by atoms with van der Waals surface area (Å²) in [4.78, 5) is 37.6. The third kappa shape index (κ3) is 5.64. The number of hydrogen-bond donors (Lipinski definition) is 2. The van der Waals surface area contributed by atoms with Crippen LogP contribution in [0.1, 0.15) is 23.6 Å². The van der Waals surface area contributed by atoms with Gasteiger partial charge in [-0.2, -0.15) is 4.91 Å². The molecule has 0 aliphatic carbocycles. The Morgan fingerprint density at radius 3 is 2.43 bits per heavy atom. The van der Waals surface area contributed by atoms with Gasteiger partial charge in [-0.25, -0.2) is 0 Å². The molecule has 7 nitrogen and oxygen atoms in total. The minimum absolute atomic E-state index is 0.216. The number of amides is 2. The third-order valence-corrected chi connectivity index (χ3v) is 5.04. The molecule has 1 unspecified atom stereocenters. The molecule has 2 N–H and O–H groups in total. The smallest absolute Gasteiger partial charge is 0.428 e. The highest BCUT2D eigenvalue weighted by atomic mass is 16.3. The molecule has 0 spiro atoms. The number of para-hydroxylation sites is 1. The first-order valence-corrected chi connectivity index (χ1v) is 9.66. The minimum Gasteiger partial charge on any atom is -0.428 e. The summed E-state index contributed by atoms with van der Waals surface area (Å²) in [6.45, 7) is 9.01. The van der Waals surface area contributed by atoms with Crippen molar-refractivity contribution in [1.29, 1.82) is 0 Å². The van der Waals surface area contributed by atoms with E-state index >= 15 is 0 Å². The Kier molecular flexibility index (Phi) is 8.06. The molecule has 0 aliphatic heterocycles. The van der Waals surface area contributed by atoms with Crippen molar-refractivity contribution < 1.29 is 14.6 Å². The van der Waals surface area contributed by atoms with E-state index in [2.05, 4.69) is 17.0 Å². The highest BCUT2D eigenvalue weighted by molar-refractivity contribution is 6.50. The Bertz CT molecular complexity index is 920. The number of benzene rings is 2. The van der Waals surface area contributed by atoms with Gasteiger partial charge in [0.05, 0.1) is 5.94 Å². The lowest BCUT2D eigenvalue weighted by Crippen LogP contribution is -2.54. The molecular formula is C22H26BN3O4. The van der Waals surface area contributed by atoms with Crippen LogP contribution in [-0.2, 0) is 16.0 Å². The molecule has 2 aromatic rings. The van der Waals surface area contributed by atoms with Crippen LogP contribution in [0.15, 0.2) is 66.3 Å². The van der Waals surface area contributed by atoms with Gasteiger partial charge in [0.2, 0.25) is 5.91 Å². The van der Waals surface area contributed by atoms with Gasteiger partial charge in [-0.1, -0.05) is 48.1 Å². The Morgan fingerprint density at radius 2 is 1.87 bits per heavy atom. The minimum atomic E-state index is -1.62. The second-order valence-corrected chi connectivity index (χ2v) is 7.18. The maximum absolute atomic E-state index is 12.9. The van der Waals surface area contributed by atoms with E-state index in [-0.39, 0.29) is 6.42 Å². The maximum atomic E-state index is 12.9. The zero-order valence-electron chi connectivity index (χ0n) is 17.4. The quantitative estimate of drug-likeness (QED) is 0.379. The van der Waals surface area contributed by atoms with Crippen LogP contribution >= 0.6 is 0 Å². The van der Waals surface area contributed by atoms with Crippen LogP contribution in [0.3, 0.4) is 0 Å². The standard InChI is InChI=1S/C22H26BN3O4/c1-5-21(27)26(19-9-7-6-8-10-19)17(4)22(28)24-20(23(29)25-30)14-18-12-11-15(2)16(3)13-18/h5-13,17,20,29H,1,14H2,2-4H3,(H,24,28)/t17-,20?/m0/s1. The van der Waals surface area contributed by atoms with Crippen LogP contribution < -0.4 is 10.2 Å². The molecule has 0 radical (unpaired) electrons. The molecule has 0 aliphatic rings. The molecule has 2 rings (SSSR count). The van der Waals surface area contributed by atoms with Crippen LogP contribution in [-0.4, -0.2) is 35.9 Å². The number of nitrogens with one attached hydrogen (secondary N) is 1. The van der Waals surface area contributed by atoms with E-state index < -0.39 is 30.8 Å². The normalized spacial score (nSPS) is 12.4. The summed E-state index contributed by atoms with van der Waals surface area (Å²) >= 11 is 0. The summed E-state index contributed by atoms with van der Waals surface area (Å²) < 4.78 is 0. The van der Waals surface area contributed by atoms with E-state index in [1.165, 1.54) is 4.90 Å². The van der Waals surface area contributed by atoms with Crippen molar-refractivity contribution in [2.24, 2.45) is 5.09 Å². The molecule has 8 heteroatoms. The zero-order chi connectivity index (χ0) is 22.3. The van der Waals surface area contributed by atoms with Gasteiger partial charge in [0.1, 0.15) is 6.04 Å². The fourth-order valence-electron chi connectivity index (χ4n) is 3.14. The monoisotopic (exact) mass is 407 g/mol. The summed E-state index contributed by atoms with van der Waals surface area (Å²) in [5.74, 6) is -1.90. The Morgan fingerprint density at radius 1 is 1.20 bits per heavy atom. The number of aryl methyl sites for hydroxylation is 2. The largest absolute Gasteiger partial charge is 0.506 e. The highest BCUT2D eigenvalue weighted by Crippen LogP contribution is 2.18. The number of nitroso groups, excluding NO2 is 1. The average Bonchev–Trinajstić information content (AvgIpc) is 2.75. The first-order valence-electron chi connectivity index (χ1n) is 9.66. The van der Waals surface area contributed by atoms with E-state index in [4.69, 9.17) is 0 Å². The number of hydrogen-bond acceptors (Lipinski definition) is 5. The van der Waals surface area contributed by atoms with E-state index in [1.807, 2.05) is 32.0 Å². The molecular weight excluding hydrogens is 381 g/mol. The summed E-state index contributed by atoms with van der Waals surface area (Å²) in [6, 6.07) is 13.6. The van der Waals surface area contributed by atoms with E-state index in [1.54, 1.807) is 37.3 Å². The van der Waals surface area contributed by atoms with Gasteiger partial charge < -0.3 is 10.3 Å². The van der Waals surface area contributed by atoms with Crippen LogP contribution in [0.5, 0.6) is 0 Å². The van der Waals surface area contributed by atoms with E-state index in [0.29, 0.717) is 5.69 Å². The maximum Gasteiger partial charge on any atom is 0.506 e. The van der Waals surface area contributed by atoms with Gasteiger partial charge in [-0.15, -0.1) is 0 Å². The molecule has 0 saturated carbocycles. The second-order valence-electron chi connectivity index (χ2n) is 7.18. The molecule has 156 valence electrons. The van der Waals surface area contributed by atoms with Gasteiger partial charge in [-0.05, 0) is 62.1 Å². The van der Waals surface area contributed by atoms with E-state index in [0.717, 1.165) is 22.8 Å². The van der Waals surface area contributed by atoms with Crippen LogP contribution in [0, 0.1) is 18.8 Å². The van der Waals surface area contributed by atoms with Crippen molar-refractivity contribution in [3.05, 3.63) is 82.8 Å². The van der Waals surface area contributed by atoms with Crippen LogP contribution in [0.4, 0.5) is 5.69 Å². The predicted octanol–water partition coefficient (Wildman–Crippen LogP) is 2.72. The van der Waals surface area contributed by atoms with Crippen molar-refractivity contribution in [3.8, 4) is 0 Å². The Labute approximate surface area is 176 Å². The topological polar surface area (TPSA) is 99.1 Å². The summed E-state index contributed by atoms with van der Waals surface area (Å²) in [6.07, 6.45) is 1.35. The molecule has 0 saturated heterocycles. The van der Waals surface area contributed by atoms with Gasteiger partial charge in [0.15, 0.2) is 0 Å². The van der Waals surface area contributed by atoms with Gasteiger partial charge in [0, 0.05) is 5.69 Å². The molecule has 2 amide bonds. The first kappa shape index (κ1) is 23.0. The van der Waals surface area contributed by atoms with Crippen molar-refractivity contribution >= 4 is 24.6 Å². The number of nitrogens with zero attached hydrogens (tertiary/aromatic N) is 2. The van der Waals surface area contributed by atoms with Crippen molar-refractivity contribution in [1.82, 2.24) is 5.32 Å². The van der Waals surface area contributed by atoms with Gasteiger partial charge in [-0.3, -0.25) is 14.5 Å². The summed E-state index contributed by atoms with van der Waals surface area (Å²) in [5, 5.41) is 15.4. The Balaban J connectivity index is 2.24. The molecule has 0 aromatic heterocycles. The van der Waals surface area contributed by atoms with Crippen LogP contribution in [0.25, 0.3) is 0 Å². The molecule has 2 atom stereocenters. The third-order valence-electron chi connectivity index (χ3n) is 5.04. The number of carbonyl (C=O) groups excluding carboxylic acids is 2. The second kappa shape index (κ2) is 10.5. The molecule has 0 fully saturated rings. The molecule has 0 heterocycles. The van der Waals surface area contributed by atoms with Gasteiger partial charge >= 0.3 is 7.05 Å². The SMILES string of the molecule is C=CC(=O)N(c1ccccc1)[C@@H](C)C(=O)NC(Cc1ccc(C)c(C)c1)B(O)N=O. The fourth-order valence-corrected chi connectivity index (χ4v) is 3.14. The van der Waals surface area contributed by atoms with Crippen LogP contribution in [0.2, 0.25) is 0 Å². The Hall–Kier alpha value is -3.26. The number of anilines is 1. The lowest BCUT2D eigenvalue weighted by molar-refractivity contribution is -0.125. The van der Waals surface area contributed by atoms with Crippen molar-refractivity contribution in [3.63, 3.8) is 0 Å². The number of carbonyl (C=O) groups is 2. The average molecular weight is 407 g/mol. The first-order chi connectivity index (χ1) is 14.3. The summed E-state index contributed by atoms with van der Waals surface area (Å²) in [5.41, 5.74) is 3.56. The summed E-state index contributed by atoms with van der Waals surface area (Å²) in [7, 11) is -1.62. The fraction of sp³-hybridized carbons (Fsp3) is 0.273. The van der Waals surface area contributed by atoms with Gasteiger partial charge in [0.25, 0.3) is 5.91 Å². The predicted molar refractivity (Wildman–Crippen MR) is 119 cm³/mol. The highest BCUT2D eigenvalue weighted by Gasteiger charge is 2.33. The van der Waals surface area contributed by atoms with Crippen molar-refractivity contribution in [2.75, 3.05) is 4.90 Å². The van der Waals surface area contributed by atoms with E-state index in [9.17, 15) is 19.5 Å². The zero-order valence-corrected chi connectivity index (χ0v) is 17.4. The number of rotatable bonds is 9.